The summed E-state index contributed by atoms with van der Waals surface area (Å²) in [6, 6.07) is 4.86. The molecule has 3 nitrogen and oxygen atoms in total. The third-order valence-electron chi connectivity index (χ3n) is 4.18. The van der Waals surface area contributed by atoms with Crippen LogP contribution in [0.3, 0.4) is 0 Å². The number of benzene rings is 1. The van der Waals surface area contributed by atoms with E-state index in [1.165, 1.54) is 49.0 Å². The number of rotatable bonds is 5. The van der Waals surface area contributed by atoms with E-state index in [2.05, 4.69) is 30.5 Å². The van der Waals surface area contributed by atoms with Crippen molar-refractivity contribution in [1.29, 1.82) is 0 Å². The Morgan fingerprint density at radius 3 is 2.79 bits per heavy atom. The molecule has 1 aromatic carbocycles. The van der Waals surface area contributed by atoms with E-state index in [0.29, 0.717) is 6.04 Å². The molecule has 2 N–H and O–H groups in total. The van der Waals surface area contributed by atoms with Gasteiger partial charge in [0.25, 0.3) is 0 Å². The van der Waals surface area contributed by atoms with Gasteiger partial charge in [0.1, 0.15) is 5.75 Å². The van der Waals surface area contributed by atoms with Gasteiger partial charge in [-0.05, 0) is 62.9 Å². The van der Waals surface area contributed by atoms with Gasteiger partial charge in [0.05, 0.1) is 7.11 Å². The standard InChI is InChI=1S/C16H26N2O/c1-12-13(2)16(19-3)8-7-15(12)18-11-9-14-6-4-5-10-17-14/h7-8,14,17-18H,4-6,9-11H2,1-3H3. The minimum Gasteiger partial charge on any atom is -0.496 e. The summed E-state index contributed by atoms with van der Waals surface area (Å²) in [6.07, 6.45) is 5.23. The Kier molecular flexibility index (Phi) is 5.08. The normalized spacial score (nSPS) is 19.2. The largest absolute Gasteiger partial charge is 0.496 e. The average Bonchev–Trinajstić information content (AvgIpc) is 2.45. The number of ether oxygens (including phenoxy) is 1. The number of nitrogens with one attached hydrogen (secondary N) is 2. The molecule has 0 aromatic heterocycles. The summed E-state index contributed by atoms with van der Waals surface area (Å²) < 4.78 is 5.34. The van der Waals surface area contributed by atoms with Crippen molar-refractivity contribution in [2.75, 3.05) is 25.5 Å². The van der Waals surface area contributed by atoms with Gasteiger partial charge in [-0.1, -0.05) is 6.42 Å². The molecule has 1 aliphatic rings. The fourth-order valence-electron chi connectivity index (χ4n) is 2.76. The summed E-state index contributed by atoms with van der Waals surface area (Å²) in [6.45, 7) is 6.48. The van der Waals surface area contributed by atoms with Crippen LogP contribution in [-0.2, 0) is 0 Å². The molecule has 1 aromatic rings. The van der Waals surface area contributed by atoms with Crippen LogP contribution in [0, 0.1) is 13.8 Å². The van der Waals surface area contributed by atoms with Crippen LogP contribution in [0.25, 0.3) is 0 Å². The first-order valence-corrected chi connectivity index (χ1v) is 7.34. The number of methoxy groups -OCH3 is 1. The molecule has 1 unspecified atom stereocenters. The lowest BCUT2D eigenvalue weighted by Gasteiger charge is -2.24. The van der Waals surface area contributed by atoms with Gasteiger partial charge in [-0.3, -0.25) is 0 Å². The molecular weight excluding hydrogens is 236 g/mol. The maximum Gasteiger partial charge on any atom is 0.122 e. The molecule has 1 atom stereocenters. The second-order valence-electron chi connectivity index (χ2n) is 5.43. The van der Waals surface area contributed by atoms with Crippen LogP contribution in [0.2, 0.25) is 0 Å². The van der Waals surface area contributed by atoms with Crippen molar-refractivity contribution in [2.45, 2.75) is 45.6 Å². The molecule has 0 radical (unpaired) electrons. The molecule has 1 heterocycles. The SMILES string of the molecule is COc1ccc(NCCC2CCCCN2)c(C)c1C. The van der Waals surface area contributed by atoms with Gasteiger partial charge >= 0.3 is 0 Å². The quantitative estimate of drug-likeness (QED) is 0.854. The summed E-state index contributed by atoms with van der Waals surface area (Å²) in [4.78, 5) is 0. The van der Waals surface area contributed by atoms with Crippen LogP contribution < -0.4 is 15.4 Å². The molecule has 19 heavy (non-hydrogen) atoms. The van der Waals surface area contributed by atoms with E-state index in [9.17, 15) is 0 Å². The van der Waals surface area contributed by atoms with Crippen LogP contribution in [0.15, 0.2) is 12.1 Å². The highest BCUT2D eigenvalue weighted by molar-refractivity contribution is 5.58. The zero-order chi connectivity index (χ0) is 13.7. The van der Waals surface area contributed by atoms with Gasteiger partial charge in [0.2, 0.25) is 0 Å². The molecule has 1 saturated heterocycles. The lowest BCUT2D eigenvalue weighted by molar-refractivity contribution is 0.389. The van der Waals surface area contributed by atoms with Crippen LogP contribution >= 0.6 is 0 Å². The molecule has 0 amide bonds. The molecule has 0 spiro atoms. The van der Waals surface area contributed by atoms with Crippen molar-refractivity contribution in [3.8, 4) is 5.75 Å². The van der Waals surface area contributed by atoms with E-state index in [1.54, 1.807) is 7.11 Å². The smallest absolute Gasteiger partial charge is 0.122 e. The highest BCUT2D eigenvalue weighted by atomic mass is 16.5. The molecule has 3 heteroatoms. The van der Waals surface area contributed by atoms with E-state index in [-0.39, 0.29) is 0 Å². The van der Waals surface area contributed by atoms with Gasteiger partial charge in [-0.2, -0.15) is 0 Å². The Morgan fingerprint density at radius 2 is 2.11 bits per heavy atom. The Hall–Kier alpha value is -1.22. The van der Waals surface area contributed by atoms with Crippen LogP contribution in [0.1, 0.15) is 36.8 Å². The second-order valence-corrected chi connectivity index (χ2v) is 5.43. The first kappa shape index (κ1) is 14.2. The fourth-order valence-corrected chi connectivity index (χ4v) is 2.76. The number of hydrogen-bond acceptors (Lipinski definition) is 3. The average molecular weight is 262 g/mol. The zero-order valence-corrected chi connectivity index (χ0v) is 12.4. The second kappa shape index (κ2) is 6.80. The highest BCUT2D eigenvalue weighted by Gasteiger charge is 2.12. The Balaban J connectivity index is 1.87. The Bertz CT molecular complexity index is 411. The van der Waals surface area contributed by atoms with E-state index < -0.39 is 0 Å². The molecule has 0 bridgehead atoms. The summed E-state index contributed by atoms with van der Waals surface area (Å²) in [7, 11) is 1.73. The number of piperidine rings is 1. The third-order valence-corrected chi connectivity index (χ3v) is 4.18. The third kappa shape index (κ3) is 3.63. The van der Waals surface area contributed by atoms with Crippen LogP contribution in [0.4, 0.5) is 5.69 Å². The van der Waals surface area contributed by atoms with Crippen molar-refractivity contribution in [2.24, 2.45) is 0 Å². The van der Waals surface area contributed by atoms with E-state index in [1.807, 2.05) is 6.07 Å². The van der Waals surface area contributed by atoms with Gasteiger partial charge in [0.15, 0.2) is 0 Å². The molecule has 1 fully saturated rings. The Morgan fingerprint density at radius 1 is 1.26 bits per heavy atom. The molecule has 106 valence electrons. The molecular formula is C16H26N2O. The van der Waals surface area contributed by atoms with Gasteiger partial charge in [0, 0.05) is 18.3 Å². The summed E-state index contributed by atoms with van der Waals surface area (Å²) in [5.74, 6) is 0.969. The molecule has 0 aliphatic carbocycles. The monoisotopic (exact) mass is 262 g/mol. The predicted octanol–water partition coefficient (Wildman–Crippen LogP) is 3.26. The summed E-state index contributed by atoms with van der Waals surface area (Å²) in [5.41, 5.74) is 3.74. The Labute approximate surface area is 116 Å². The van der Waals surface area contributed by atoms with Gasteiger partial charge < -0.3 is 15.4 Å². The predicted molar refractivity (Wildman–Crippen MR) is 81.2 cm³/mol. The zero-order valence-electron chi connectivity index (χ0n) is 12.4. The first-order valence-electron chi connectivity index (χ1n) is 7.34. The van der Waals surface area contributed by atoms with E-state index in [0.717, 1.165) is 12.3 Å². The lowest BCUT2D eigenvalue weighted by atomic mass is 10.0. The van der Waals surface area contributed by atoms with Gasteiger partial charge in [-0.15, -0.1) is 0 Å². The maximum absolute atomic E-state index is 5.34. The highest BCUT2D eigenvalue weighted by Crippen LogP contribution is 2.27. The lowest BCUT2D eigenvalue weighted by Crippen LogP contribution is -2.35. The maximum atomic E-state index is 5.34. The topological polar surface area (TPSA) is 33.3 Å². The minimum atomic E-state index is 0.695. The number of hydrogen-bond donors (Lipinski definition) is 2. The summed E-state index contributed by atoms with van der Waals surface area (Å²) in [5, 5.41) is 7.15. The molecule has 1 aliphatic heterocycles. The van der Waals surface area contributed by atoms with Crippen molar-refractivity contribution in [1.82, 2.24) is 5.32 Å². The van der Waals surface area contributed by atoms with Crippen molar-refractivity contribution in [3.63, 3.8) is 0 Å². The fraction of sp³-hybridized carbons (Fsp3) is 0.625. The van der Waals surface area contributed by atoms with E-state index in [4.69, 9.17) is 4.74 Å². The van der Waals surface area contributed by atoms with Crippen LogP contribution in [0.5, 0.6) is 5.75 Å². The van der Waals surface area contributed by atoms with E-state index >= 15 is 0 Å². The number of anilines is 1. The van der Waals surface area contributed by atoms with Crippen molar-refractivity contribution >= 4 is 5.69 Å². The molecule has 0 saturated carbocycles. The van der Waals surface area contributed by atoms with Crippen molar-refractivity contribution < 1.29 is 4.74 Å². The first-order chi connectivity index (χ1) is 9.22. The van der Waals surface area contributed by atoms with Gasteiger partial charge in [-0.25, -0.2) is 0 Å². The summed E-state index contributed by atoms with van der Waals surface area (Å²) >= 11 is 0. The molecule has 2 rings (SSSR count). The minimum absolute atomic E-state index is 0.695. The van der Waals surface area contributed by atoms with Crippen molar-refractivity contribution in [3.05, 3.63) is 23.3 Å². The van der Waals surface area contributed by atoms with Crippen LogP contribution in [-0.4, -0.2) is 26.2 Å².